The van der Waals surface area contributed by atoms with E-state index in [1.165, 1.54) is 0 Å². The molecule has 0 saturated carbocycles. The van der Waals surface area contributed by atoms with Crippen molar-refractivity contribution in [1.29, 1.82) is 0 Å². The van der Waals surface area contributed by atoms with E-state index in [2.05, 4.69) is 13.8 Å². The summed E-state index contributed by atoms with van der Waals surface area (Å²) >= 11 is 0. The topological polar surface area (TPSA) is 57.6 Å². The third kappa shape index (κ3) is 4.00. The van der Waals surface area contributed by atoms with E-state index in [4.69, 9.17) is 5.11 Å². The van der Waals surface area contributed by atoms with Gasteiger partial charge < -0.3 is 10.0 Å². The average molecular weight is 255 g/mol. The Morgan fingerprint density at radius 3 is 2.28 bits per heavy atom. The first-order chi connectivity index (χ1) is 8.45. The lowest BCUT2D eigenvalue weighted by Crippen LogP contribution is -2.42. The summed E-state index contributed by atoms with van der Waals surface area (Å²) in [5.41, 5.74) is 0. The van der Waals surface area contributed by atoms with Crippen molar-refractivity contribution in [3.63, 3.8) is 0 Å². The maximum atomic E-state index is 12.2. The minimum atomic E-state index is -0.729. The molecule has 1 rings (SSSR count). The zero-order chi connectivity index (χ0) is 13.7. The number of carbonyl (C=O) groups is 2. The van der Waals surface area contributed by atoms with Gasteiger partial charge in [0, 0.05) is 25.4 Å². The minimum absolute atomic E-state index is 0.0750. The molecule has 4 heteroatoms. The third-order valence-corrected chi connectivity index (χ3v) is 4.28. The Labute approximate surface area is 109 Å². The van der Waals surface area contributed by atoms with E-state index >= 15 is 0 Å². The van der Waals surface area contributed by atoms with Gasteiger partial charge in [0.25, 0.3) is 0 Å². The van der Waals surface area contributed by atoms with Gasteiger partial charge >= 0.3 is 5.97 Å². The van der Waals surface area contributed by atoms with Gasteiger partial charge in [-0.05, 0) is 24.7 Å². The summed E-state index contributed by atoms with van der Waals surface area (Å²) in [5.74, 6) is 0.233. The van der Waals surface area contributed by atoms with Crippen molar-refractivity contribution < 1.29 is 14.7 Å². The second kappa shape index (κ2) is 6.76. The molecule has 0 aromatic carbocycles. The number of carboxylic acids is 1. The molecule has 18 heavy (non-hydrogen) atoms. The molecule has 1 amide bonds. The van der Waals surface area contributed by atoms with Crippen LogP contribution >= 0.6 is 0 Å². The molecule has 2 unspecified atom stereocenters. The summed E-state index contributed by atoms with van der Waals surface area (Å²) in [7, 11) is 0. The fourth-order valence-electron chi connectivity index (χ4n) is 2.49. The summed E-state index contributed by atoms with van der Waals surface area (Å²) in [6.45, 7) is 7.65. The normalized spacial score (nSPS) is 20.5. The number of piperidine rings is 1. The Bertz CT molecular complexity index is 295. The molecule has 0 radical (unpaired) electrons. The predicted octanol–water partition coefficient (Wildman–Crippen LogP) is 2.38. The number of aliphatic carboxylic acids is 1. The lowest BCUT2D eigenvalue weighted by molar-refractivity contribution is -0.139. The first-order valence-corrected chi connectivity index (χ1v) is 6.96. The van der Waals surface area contributed by atoms with Crippen LogP contribution in [0.15, 0.2) is 0 Å². The van der Waals surface area contributed by atoms with E-state index in [1.54, 1.807) is 0 Å². The van der Waals surface area contributed by atoms with Gasteiger partial charge in [-0.25, -0.2) is 0 Å². The first-order valence-electron chi connectivity index (χ1n) is 6.96. The lowest BCUT2D eigenvalue weighted by atomic mass is 9.89. The highest BCUT2D eigenvalue weighted by atomic mass is 16.4. The van der Waals surface area contributed by atoms with Crippen LogP contribution in [0, 0.1) is 17.8 Å². The number of carboxylic acid groups (broad SMARTS) is 1. The molecule has 1 saturated heterocycles. The number of nitrogens with zero attached hydrogens (tertiary/aromatic N) is 1. The van der Waals surface area contributed by atoms with Crippen molar-refractivity contribution in [3.05, 3.63) is 0 Å². The van der Waals surface area contributed by atoms with Crippen LogP contribution in [-0.2, 0) is 9.59 Å². The maximum absolute atomic E-state index is 12.2. The van der Waals surface area contributed by atoms with Gasteiger partial charge in [0.2, 0.25) is 5.91 Å². The van der Waals surface area contributed by atoms with Gasteiger partial charge in [0.05, 0.1) is 0 Å². The van der Waals surface area contributed by atoms with Crippen LogP contribution < -0.4 is 0 Å². The van der Waals surface area contributed by atoms with Crippen molar-refractivity contribution in [2.45, 2.75) is 46.5 Å². The summed E-state index contributed by atoms with van der Waals surface area (Å²) in [6.07, 6.45) is 2.90. The highest BCUT2D eigenvalue weighted by Gasteiger charge is 2.28. The van der Waals surface area contributed by atoms with Crippen LogP contribution in [0.25, 0.3) is 0 Å². The van der Waals surface area contributed by atoms with E-state index in [1.807, 2.05) is 11.8 Å². The molecule has 2 atom stereocenters. The number of amides is 1. The second-order valence-corrected chi connectivity index (χ2v) is 5.54. The SMILES string of the molecule is CCC(C)C(C)C(=O)N1CCC(CC(=O)O)CC1. The van der Waals surface area contributed by atoms with Gasteiger partial charge in [-0.3, -0.25) is 9.59 Å². The highest BCUT2D eigenvalue weighted by Crippen LogP contribution is 2.24. The lowest BCUT2D eigenvalue weighted by Gasteiger charge is -2.34. The highest BCUT2D eigenvalue weighted by molar-refractivity contribution is 5.78. The van der Waals surface area contributed by atoms with E-state index in [-0.39, 0.29) is 24.2 Å². The molecule has 1 N–H and O–H groups in total. The number of hydrogen-bond acceptors (Lipinski definition) is 2. The van der Waals surface area contributed by atoms with Crippen LogP contribution in [-0.4, -0.2) is 35.0 Å². The Hall–Kier alpha value is -1.06. The summed E-state index contributed by atoms with van der Waals surface area (Å²) < 4.78 is 0. The monoisotopic (exact) mass is 255 g/mol. The van der Waals surface area contributed by atoms with Gasteiger partial charge in [0.15, 0.2) is 0 Å². The molecule has 1 fully saturated rings. The molecule has 1 aliphatic rings. The number of hydrogen-bond donors (Lipinski definition) is 1. The van der Waals surface area contributed by atoms with Gasteiger partial charge in [-0.15, -0.1) is 0 Å². The largest absolute Gasteiger partial charge is 0.481 e. The Kier molecular flexibility index (Phi) is 5.63. The fraction of sp³-hybridized carbons (Fsp3) is 0.857. The van der Waals surface area contributed by atoms with Crippen molar-refractivity contribution in [1.82, 2.24) is 4.90 Å². The van der Waals surface area contributed by atoms with Gasteiger partial charge in [-0.2, -0.15) is 0 Å². The van der Waals surface area contributed by atoms with Gasteiger partial charge in [-0.1, -0.05) is 27.2 Å². The van der Waals surface area contributed by atoms with Crippen molar-refractivity contribution in [2.75, 3.05) is 13.1 Å². The molecule has 104 valence electrons. The van der Waals surface area contributed by atoms with Crippen LogP contribution in [0.4, 0.5) is 0 Å². The van der Waals surface area contributed by atoms with Crippen molar-refractivity contribution in [2.24, 2.45) is 17.8 Å². The molecule has 1 heterocycles. The smallest absolute Gasteiger partial charge is 0.303 e. The van der Waals surface area contributed by atoms with Crippen LogP contribution in [0.5, 0.6) is 0 Å². The zero-order valence-corrected chi connectivity index (χ0v) is 11.7. The Morgan fingerprint density at radius 1 is 1.28 bits per heavy atom. The quantitative estimate of drug-likeness (QED) is 0.820. The molecule has 0 bridgehead atoms. The Balaban J connectivity index is 2.42. The van der Waals surface area contributed by atoms with E-state index in [0.29, 0.717) is 5.92 Å². The summed E-state index contributed by atoms with van der Waals surface area (Å²) in [4.78, 5) is 24.8. The fourth-order valence-corrected chi connectivity index (χ4v) is 2.49. The summed E-state index contributed by atoms with van der Waals surface area (Å²) in [6, 6.07) is 0. The van der Waals surface area contributed by atoms with Crippen LogP contribution in [0.1, 0.15) is 46.5 Å². The Morgan fingerprint density at radius 2 is 1.83 bits per heavy atom. The molecular weight excluding hydrogens is 230 g/mol. The average Bonchev–Trinajstić information content (AvgIpc) is 2.36. The molecular formula is C14H25NO3. The zero-order valence-electron chi connectivity index (χ0n) is 11.7. The molecule has 4 nitrogen and oxygen atoms in total. The number of carbonyl (C=O) groups excluding carboxylic acids is 1. The molecule has 0 aromatic heterocycles. The molecule has 0 spiro atoms. The van der Waals surface area contributed by atoms with Gasteiger partial charge in [0.1, 0.15) is 0 Å². The van der Waals surface area contributed by atoms with Crippen molar-refractivity contribution in [3.8, 4) is 0 Å². The minimum Gasteiger partial charge on any atom is -0.481 e. The predicted molar refractivity (Wildman–Crippen MR) is 70.2 cm³/mol. The van der Waals surface area contributed by atoms with E-state index < -0.39 is 5.97 Å². The molecule has 0 aromatic rings. The third-order valence-electron chi connectivity index (χ3n) is 4.28. The number of likely N-dealkylation sites (tertiary alicyclic amines) is 1. The standard InChI is InChI=1S/C14H25NO3/c1-4-10(2)11(3)14(18)15-7-5-12(6-8-15)9-13(16)17/h10-12H,4-9H2,1-3H3,(H,16,17). The summed E-state index contributed by atoms with van der Waals surface area (Å²) in [5, 5.41) is 8.75. The molecule has 1 aliphatic heterocycles. The van der Waals surface area contributed by atoms with Crippen LogP contribution in [0.3, 0.4) is 0 Å². The van der Waals surface area contributed by atoms with Crippen LogP contribution in [0.2, 0.25) is 0 Å². The molecule has 0 aliphatic carbocycles. The first kappa shape index (κ1) is 15.0. The maximum Gasteiger partial charge on any atom is 0.303 e. The number of rotatable bonds is 5. The van der Waals surface area contributed by atoms with E-state index in [9.17, 15) is 9.59 Å². The van der Waals surface area contributed by atoms with Crippen molar-refractivity contribution >= 4 is 11.9 Å². The van der Waals surface area contributed by atoms with E-state index in [0.717, 1.165) is 32.4 Å². The second-order valence-electron chi connectivity index (χ2n) is 5.54.